The number of amides is 2. The number of nitrogens with one attached hydrogen (secondary N) is 1. The third-order valence-corrected chi connectivity index (χ3v) is 4.13. The van der Waals surface area contributed by atoms with Gasteiger partial charge in [-0.05, 0) is 23.1 Å². The normalized spacial score (nSPS) is 13.3. The Hall–Kier alpha value is -2.62. The van der Waals surface area contributed by atoms with Crippen LogP contribution in [0.1, 0.15) is 23.1 Å². The van der Waals surface area contributed by atoms with E-state index in [0.29, 0.717) is 19.6 Å². The van der Waals surface area contributed by atoms with Gasteiger partial charge >= 0.3 is 0 Å². The van der Waals surface area contributed by atoms with Crippen LogP contribution in [0.4, 0.5) is 0 Å². The topological polar surface area (TPSA) is 49.4 Å². The lowest BCUT2D eigenvalue weighted by atomic mass is 10.00. The number of fused-ring (bicyclic) bond motifs is 1. The Balaban J connectivity index is 1.50. The number of hydrogen-bond acceptors (Lipinski definition) is 2. The predicted molar refractivity (Wildman–Crippen MR) is 88.5 cm³/mol. The second-order valence-corrected chi connectivity index (χ2v) is 5.77. The fourth-order valence-corrected chi connectivity index (χ4v) is 2.82. The first kappa shape index (κ1) is 15.3. The molecule has 4 heteroatoms. The van der Waals surface area contributed by atoms with E-state index in [1.807, 2.05) is 48.5 Å². The Labute approximate surface area is 136 Å². The maximum atomic E-state index is 12.3. The van der Waals surface area contributed by atoms with Crippen LogP contribution in [-0.4, -0.2) is 23.3 Å². The van der Waals surface area contributed by atoms with Crippen molar-refractivity contribution in [1.82, 2.24) is 10.2 Å². The average molecular weight is 308 g/mol. The highest BCUT2D eigenvalue weighted by Crippen LogP contribution is 2.18. The third-order valence-electron chi connectivity index (χ3n) is 4.13. The van der Waals surface area contributed by atoms with E-state index in [2.05, 4.69) is 11.4 Å². The van der Waals surface area contributed by atoms with Gasteiger partial charge in [0.15, 0.2) is 0 Å². The van der Waals surface area contributed by atoms with Crippen LogP contribution < -0.4 is 5.32 Å². The van der Waals surface area contributed by atoms with Crippen molar-refractivity contribution < 1.29 is 9.59 Å². The van der Waals surface area contributed by atoms with Gasteiger partial charge in [-0.3, -0.25) is 9.59 Å². The van der Waals surface area contributed by atoms with Crippen LogP contribution in [0.3, 0.4) is 0 Å². The molecule has 2 aromatic carbocycles. The van der Waals surface area contributed by atoms with Crippen LogP contribution in [0.15, 0.2) is 54.6 Å². The molecule has 3 rings (SSSR count). The summed E-state index contributed by atoms with van der Waals surface area (Å²) in [5.41, 5.74) is 3.50. The summed E-state index contributed by atoms with van der Waals surface area (Å²) in [7, 11) is 0. The van der Waals surface area contributed by atoms with Crippen molar-refractivity contribution in [1.29, 1.82) is 0 Å². The van der Waals surface area contributed by atoms with Crippen LogP contribution in [0, 0.1) is 0 Å². The maximum absolute atomic E-state index is 12.3. The van der Waals surface area contributed by atoms with Gasteiger partial charge in [-0.15, -0.1) is 0 Å². The van der Waals surface area contributed by atoms with Crippen molar-refractivity contribution in [3.8, 4) is 0 Å². The van der Waals surface area contributed by atoms with E-state index in [4.69, 9.17) is 0 Å². The van der Waals surface area contributed by atoms with Crippen molar-refractivity contribution in [2.45, 2.75) is 25.9 Å². The third kappa shape index (κ3) is 3.97. The van der Waals surface area contributed by atoms with Crippen molar-refractivity contribution in [2.75, 3.05) is 6.54 Å². The van der Waals surface area contributed by atoms with Gasteiger partial charge in [-0.1, -0.05) is 54.6 Å². The van der Waals surface area contributed by atoms with Gasteiger partial charge in [0.05, 0.1) is 0 Å². The molecule has 0 fully saturated rings. The molecule has 0 aliphatic carbocycles. The summed E-state index contributed by atoms with van der Waals surface area (Å²) in [5.74, 6) is -0.331. The van der Waals surface area contributed by atoms with Gasteiger partial charge in [0, 0.05) is 19.6 Å². The molecule has 0 unspecified atom stereocenters. The molecule has 0 saturated carbocycles. The molecular formula is C19H20N2O2. The second-order valence-electron chi connectivity index (χ2n) is 5.77. The fourth-order valence-electron chi connectivity index (χ4n) is 2.82. The van der Waals surface area contributed by atoms with Gasteiger partial charge in [-0.2, -0.15) is 0 Å². The predicted octanol–water partition coefficient (Wildman–Crippen LogP) is 2.28. The summed E-state index contributed by atoms with van der Waals surface area (Å²) < 4.78 is 0. The van der Waals surface area contributed by atoms with Gasteiger partial charge < -0.3 is 10.2 Å². The minimum atomic E-state index is -0.224. The minimum absolute atomic E-state index is 0.0883. The Morgan fingerprint density at radius 2 is 1.65 bits per heavy atom. The molecule has 118 valence electrons. The molecule has 0 radical (unpaired) electrons. The van der Waals surface area contributed by atoms with Crippen molar-refractivity contribution >= 4 is 11.8 Å². The lowest BCUT2D eigenvalue weighted by molar-refractivity contribution is -0.136. The minimum Gasteiger partial charge on any atom is -0.352 e. The van der Waals surface area contributed by atoms with Gasteiger partial charge in [-0.25, -0.2) is 0 Å². The van der Waals surface area contributed by atoms with E-state index in [0.717, 1.165) is 12.0 Å². The molecule has 2 aromatic rings. The molecule has 0 spiro atoms. The number of benzene rings is 2. The van der Waals surface area contributed by atoms with Crippen molar-refractivity contribution in [3.05, 3.63) is 71.3 Å². The molecule has 1 aliphatic heterocycles. The van der Waals surface area contributed by atoms with Crippen molar-refractivity contribution in [2.24, 2.45) is 0 Å². The largest absolute Gasteiger partial charge is 0.352 e. The van der Waals surface area contributed by atoms with E-state index in [9.17, 15) is 9.59 Å². The number of nitrogens with zero attached hydrogens (tertiary/aromatic N) is 1. The van der Waals surface area contributed by atoms with E-state index in [1.54, 1.807) is 4.90 Å². The summed E-state index contributed by atoms with van der Waals surface area (Å²) in [6.07, 6.45) is 0.766. The number of carbonyl (C=O) groups is 2. The first-order valence-corrected chi connectivity index (χ1v) is 7.87. The molecule has 0 saturated heterocycles. The molecular weight excluding hydrogens is 288 g/mol. The van der Waals surface area contributed by atoms with Crippen LogP contribution in [0.25, 0.3) is 0 Å². The van der Waals surface area contributed by atoms with E-state index < -0.39 is 0 Å². The van der Waals surface area contributed by atoms with Crippen molar-refractivity contribution in [3.63, 3.8) is 0 Å². The number of rotatable bonds is 4. The van der Waals surface area contributed by atoms with Gasteiger partial charge in [0.25, 0.3) is 0 Å². The summed E-state index contributed by atoms with van der Waals surface area (Å²) >= 11 is 0. The molecule has 1 N–H and O–H groups in total. The van der Waals surface area contributed by atoms with Gasteiger partial charge in [0.1, 0.15) is 6.42 Å². The Bertz CT molecular complexity index is 698. The summed E-state index contributed by atoms with van der Waals surface area (Å²) in [5, 5.41) is 2.80. The standard InChI is InChI=1S/C19H20N2O2/c22-18(20-13-15-6-2-1-3-7-15)12-19(23)21-11-10-16-8-4-5-9-17(16)14-21/h1-9H,10-14H2,(H,20,22). The highest BCUT2D eigenvalue weighted by atomic mass is 16.2. The summed E-state index contributed by atoms with van der Waals surface area (Å²) in [6.45, 7) is 1.73. The van der Waals surface area contributed by atoms with Crippen LogP contribution in [0.2, 0.25) is 0 Å². The molecule has 2 amide bonds. The molecule has 1 aliphatic rings. The van der Waals surface area contributed by atoms with Crippen LogP contribution in [-0.2, 0) is 29.1 Å². The van der Waals surface area contributed by atoms with E-state index in [-0.39, 0.29) is 18.2 Å². The lowest BCUT2D eigenvalue weighted by Gasteiger charge is -2.28. The quantitative estimate of drug-likeness (QED) is 0.881. The first-order valence-electron chi connectivity index (χ1n) is 7.87. The Morgan fingerprint density at radius 1 is 0.957 bits per heavy atom. The SMILES string of the molecule is O=C(CC(=O)N1CCc2ccccc2C1)NCc1ccccc1. The molecule has 0 bridgehead atoms. The highest BCUT2D eigenvalue weighted by Gasteiger charge is 2.21. The summed E-state index contributed by atoms with van der Waals surface area (Å²) in [4.78, 5) is 26.0. The van der Waals surface area contributed by atoms with Gasteiger partial charge in [0.2, 0.25) is 11.8 Å². The molecule has 0 aromatic heterocycles. The number of hydrogen-bond donors (Lipinski definition) is 1. The molecule has 0 atom stereocenters. The fraction of sp³-hybridized carbons (Fsp3) is 0.263. The number of carbonyl (C=O) groups excluding carboxylic acids is 2. The zero-order chi connectivity index (χ0) is 16.1. The summed E-state index contributed by atoms with van der Waals surface area (Å²) in [6, 6.07) is 17.8. The lowest BCUT2D eigenvalue weighted by Crippen LogP contribution is -2.38. The van der Waals surface area contributed by atoms with E-state index >= 15 is 0 Å². The average Bonchev–Trinajstić information content (AvgIpc) is 2.60. The molecule has 1 heterocycles. The maximum Gasteiger partial charge on any atom is 0.232 e. The van der Waals surface area contributed by atoms with Crippen LogP contribution >= 0.6 is 0 Å². The second kappa shape index (κ2) is 7.09. The zero-order valence-corrected chi connectivity index (χ0v) is 13.0. The Kier molecular flexibility index (Phi) is 4.71. The van der Waals surface area contributed by atoms with E-state index in [1.165, 1.54) is 11.1 Å². The monoisotopic (exact) mass is 308 g/mol. The first-order chi connectivity index (χ1) is 11.2. The highest BCUT2D eigenvalue weighted by molar-refractivity contribution is 5.96. The zero-order valence-electron chi connectivity index (χ0n) is 13.0. The molecule has 4 nitrogen and oxygen atoms in total. The smallest absolute Gasteiger partial charge is 0.232 e. The molecule has 23 heavy (non-hydrogen) atoms. The van der Waals surface area contributed by atoms with Crippen LogP contribution in [0.5, 0.6) is 0 Å². The Morgan fingerprint density at radius 3 is 2.43 bits per heavy atom.